The van der Waals surface area contributed by atoms with Crippen molar-refractivity contribution in [2.75, 3.05) is 5.32 Å². The van der Waals surface area contributed by atoms with Crippen LogP contribution >= 0.6 is 11.6 Å². The van der Waals surface area contributed by atoms with Crippen molar-refractivity contribution in [2.45, 2.75) is 6.92 Å². The Kier molecular flexibility index (Phi) is 4.19. The number of hydrogen-bond donors (Lipinski definition) is 1. The predicted octanol–water partition coefficient (Wildman–Crippen LogP) is 5.71. The average Bonchev–Trinajstić information content (AvgIpc) is 3.04. The number of aryl methyl sites for hydroxylation is 1. The number of carbonyl (C=O) groups excluding carboxylic acids is 1. The fourth-order valence-corrected chi connectivity index (χ4v) is 3.22. The van der Waals surface area contributed by atoms with E-state index in [1.165, 1.54) is 0 Å². The quantitative estimate of drug-likeness (QED) is 0.508. The summed E-state index contributed by atoms with van der Waals surface area (Å²) < 4.78 is 5.28. The van der Waals surface area contributed by atoms with Gasteiger partial charge in [-0.05, 0) is 24.4 Å². The molecule has 26 heavy (non-hydrogen) atoms. The summed E-state index contributed by atoms with van der Waals surface area (Å²) in [7, 11) is 0. The number of carbonyl (C=O) groups is 1. The third-order valence-corrected chi connectivity index (χ3v) is 4.59. The van der Waals surface area contributed by atoms with Crippen molar-refractivity contribution in [3.63, 3.8) is 0 Å². The predicted molar refractivity (Wildman–Crippen MR) is 104 cm³/mol. The van der Waals surface area contributed by atoms with E-state index in [-0.39, 0.29) is 5.91 Å². The van der Waals surface area contributed by atoms with Gasteiger partial charge in [-0.25, -0.2) is 0 Å². The highest BCUT2D eigenvalue weighted by atomic mass is 35.5. The first-order chi connectivity index (χ1) is 12.6. The Balaban J connectivity index is 1.76. The van der Waals surface area contributed by atoms with Crippen LogP contribution < -0.4 is 5.32 Å². The van der Waals surface area contributed by atoms with Gasteiger partial charge in [-0.15, -0.1) is 0 Å². The lowest BCUT2D eigenvalue weighted by Crippen LogP contribution is -2.13. The molecule has 4 nitrogen and oxygen atoms in total. The molecule has 0 saturated carbocycles. The summed E-state index contributed by atoms with van der Waals surface area (Å²) in [5, 5.41) is 9.56. The zero-order valence-electron chi connectivity index (χ0n) is 14.0. The van der Waals surface area contributed by atoms with Gasteiger partial charge in [-0.3, -0.25) is 4.79 Å². The largest absolute Gasteiger partial charge is 0.360 e. The molecule has 4 rings (SSSR count). The van der Waals surface area contributed by atoms with Crippen molar-refractivity contribution in [3.8, 4) is 11.3 Å². The minimum Gasteiger partial charge on any atom is -0.360 e. The molecular weight excluding hydrogens is 348 g/mol. The number of aromatic nitrogens is 1. The Morgan fingerprint density at radius 1 is 1.00 bits per heavy atom. The van der Waals surface area contributed by atoms with Crippen molar-refractivity contribution in [3.05, 3.63) is 83.1 Å². The van der Waals surface area contributed by atoms with E-state index < -0.39 is 0 Å². The molecule has 1 heterocycles. The lowest BCUT2D eigenvalue weighted by Gasteiger charge is -2.09. The first kappa shape index (κ1) is 16.4. The zero-order valence-corrected chi connectivity index (χ0v) is 14.7. The first-order valence-corrected chi connectivity index (χ1v) is 8.53. The monoisotopic (exact) mass is 362 g/mol. The first-order valence-electron chi connectivity index (χ1n) is 8.15. The molecule has 1 amide bonds. The van der Waals surface area contributed by atoms with Gasteiger partial charge in [0.15, 0.2) is 0 Å². The maximum absolute atomic E-state index is 13.0. The van der Waals surface area contributed by atoms with E-state index >= 15 is 0 Å². The van der Waals surface area contributed by atoms with Crippen LogP contribution in [-0.2, 0) is 0 Å². The van der Waals surface area contributed by atoms with E-state index in [0.717, 1.165) is 16.5 Å². The molecule has 0 spiro atoms. The van der Waals surface area contributed by atoms with Gasteiger partial charge in [0.05, 0.1) is 5.02 Å². The summed E-state index contributed by atoms with van der Waals surface area (Å²) in [6, 6.07) is 20.9. The maximum Gasteiger partial charge on any atom is 0.261 e. The number of fused-ring (bicyclic) bond motifs is 1. The van der Waals surface area contributed by atoms with Crippen molar-refractivity contribution in [1.82, 2.24) is 5.16 Å². The van der Waals surface area contributed by atoms with Crippen molar-refractivity contribution >= 4 is 34.0 Å². The van der Waals surface area contributed by atoms with E-state index in [4.69, 9.17) is 16.1 Å². The zero-order chi connectivity index (χ0) is 18.1. The second kappa shape index (κ2) is 6.65. The highest BCUT2D eigenvalue weighted by Gasteiger charge is 2.23. The molecule has 0 aliphatic rings. The van der Waals surface area contributed by atoms with Crippen LogP contribution in [0.25, 0.3) is 22.0 Å². The van der Waals surface area contributed by atoms with Crippen LogP contribution in [0, 0.1) is 6.92 Å². The number of benzene rings is 3. The SMILES string of the molecule is Cc1onc(-c2ccccc2Cl)c1C(=O)Nc1cccc2ccccc12. The van der Waals surface area contributed by atoms with Crippen LogP contribution in [-0.4, -0.2) is 11.1 Å². The molecule has 128 valence electrons. The molecule has 5 heteroatoms. The number of nitrogens with zero attached hydrogens (tertiary/aromatic N) is 1. The number of rotatable bonds is 3. The molecule has 3 aromatic carbocycles. The smallest absolute Gasteiger partial charge is 0.261 e. The van der Waals surface area contributed by atoms with Gasteiger partial charge in [-0.2, -0.15) is 0 Å². The summed E-state index contributed by atoms with van der Waals surface area (Å²) in [6.45, 7) is 1.71. The van der Waals surface area contributed by atoms with Crippen LogP contribution in [0.5, 0.6) is 0 Å². The van der Waals surface area contributed by atoms with Crippen molar-refractivity contribution in [1.29, 1.82) is 0 Å². The number of anilines is 1. The van der Waals surface area contributed by atoms with Crippen LogP contribution in [0.3, 0.4) is 0 Å². The van der Waals surface area contributed by atoms with E-state index in [2.05, 4.69) is 10.5 Å². The third-order valence-electron chi connectivity index (χ3n) is 4.26. The van der Waals surface area contributed by atoms with Crippen LogP contribution in [0.1, 0.15) is 16.1 Å². The summed E-state index contributed by atoms with van der Waals surface area (Å²) in [5.41, 5.74) is 2.21. The molecule has 0 aliphatic heterocycles. The lowest BCUT2D eigenvalue weighted by atomic mass is 10.0. The Morgan fingerprint density at radius 3 is 2.58 bits per heavy atom. The standard InChI is InChI=1S/C21H15ClN2O2/c1-13-19(20(24-26-13)16-10-4-5-11-17(16)22)21(25)23-18-12-6-8-14-7-2-3-9-15(14)18/h2-12H,1H3,(H,23,25). The Labute approximate surface area is 155 Å². The lowest BCUT2D eigenvalue weighted by molar-refractivity contribution is 0.102. The topological polar surface area (TPSA) is 55.1 Å². The van der Waals surface area contributed by atoms with E-state index in [1.54, 1.807) is 13.0 Å². The molecule has 0 aliphatic carbocycles. The highest BCUT2D eigenvalue weighted by molar-refractivity contribution is 6.33. The van der Waals surface area contributed by atoms with Gasteiger partial charge in [0.2, 0.25) is 0 Å². The number of nitrogens with one attached hydrogen (secondary N) is 1. The van der Waals surface area contributed by atoms with Crippen LogP contribution in [0.2, 0.25) is 5.02 Å². The van der Waals surface area contributed by atoms with E-state index in [9.17, 15) is 4.79 Å². The molecule has 4 aromatic rings. The summed E-state index contributed by atoms with van der Waals surface area (Å²) in [4.78, 5) is 13.0. The van der Waals surface area contributed by atoms with Crippen molar-refractivity contribution < 1.29 is 9.32 Å². The summed E-state index contributed by atoms with van der Waals surface area (Å²) in [5.74, 6) is 0.160. The minimum atomic E-state index is -0.282. The van der Waals surface area contributed by atoms with Crippen molar-refractivity contribution in [2.24, 2.45) is 0 Å². The Bertz CT molecular complexity index is 1110. The normalized spacial score (nSPS) is 10.8. The van der Waals surface area contributed by atoms with Gasteiger partial charge in [0.1, 0.15) is 17.0 Å². The van der Waals surface area contributed by atoms with Crippen LogP contribution in [0.15, 0.2) is 71.3 Å². The fourth-order valence-electron chi connectivity index (χ4n) is 3.00. The maximum atomic E-state index is 13.0. The molecule has 0 unspecified atom stereocenters. The molecule has 0 radical (unpaired) electrons. The molecule has 1 aromatic heterocycles. The fraction of sp³-hybridized carbons (Fsp3) is 0.0476. The van der Waals surface area contributed by atoms with Gasteiger partial charge >= 0.3 is 0 Å². The Morgan fingerprint density at radius 2 is 1.73 bits per heavy atom. The highest BCUT2D eigenvalue weighted by Crippen LogP contribution is 2.32. The molecule has 1 N–H and O–H groups in total. The average molecular weight is 363 g/mol. The number of hydrogen-bond acceptors (Lipinski definition) is 3. The van der Waals surface area contributed by atoms with Gasteiger partial charge in [-0.1, -0.05) is 71.4 Å². The number of amides is 1. The second-order valence-electron chi connectivity index (χ2n) is 5.92. The van der Waals surface area contributed by atoms with Gasteiger partial charge < -0.3 is 9.84 Å². The molecular formula is C21H15ClN2O2. The molecule has 0 fully saturated rings. The summed E-state index contributed by atoms with van der Waals surface area (Å²) in [6.07, 6.45) is 0. The van der Waals surface area contributed by atoms with E-state index in [0.29, 0.717) is 27.6 Å². The minimum absolute atomic E-state index is 0.282. The van der Waals surface area contributed by atoms with Gasteiger partial charge in [0, 0.05) is 16.6 Å². The summed E-state index contributed by atoms with van der Waals surface area (Å²) >= 11 is 6.27. The third kappa shape index (κ3) is 2.85. The second-order valence-corrected chi connectivity index (χ2v) is 6.33. The van der Waals surface area contributed by atoms with E-state index in [1.807, 2.05) is 60.7 Å². The molecule has 0 bridgehead atoms. The number of halogens is 1. The Hall–Kier alpha value is -3.11. The van der Waals surface area contributed by atoms with Crippen LogP contribution in [0.4, 0.5) is 5.69 Å². The molecule has 0 saturated heterocycles. The van der Waals surface area contributed by atoms with Gasteiger partial charge in [0.25, 0.3) is 5.91 Å². The molecule has 0 atom stereocenters.